The molecule has 2 aromatic rings. The molecule has 0 heterocycles. The highest BCUT2D eigenvalue weighted by Gasteiger charge is 2.15. The van der Waals surface area contributed by atoms with Gasteiger partial charge in [0.2, 0.25) is 0 Å². The molecule has 0 amide bonds. The third-order valence-electron chi connectivity index (χ3n) is 2.48. The van der Waals surface area contributed by atoms with Crippen LogP contribution in [0.4, 0.5) is 5.69 Å². The van der Waals surface area contributed by atoms with Crippen LogP contribution in [0.1, 0.15) is 0 Å². The molecule has 0 aliphatic carbocycles. The topological polar surface area (TPSA) is 60.2 Å². The Kier molecular flexibility index (Phi) is 4.08. The van der Waals surface area contributed by atoms with E-state index in [0.29, 0.717) is 9.92 Å². The smallest absolute Gasteiger partial charge is 0.177 e. The van der Waals surface area contributed by atoms with Gasteiger partial charge in [-0.1, -0.05) is 41.6 Å². The molecule has 0 saturated heterocycles. The van der Waals surface area contributed by atoms with Crippen LogP contribution < -0.4 is 5.73 Å². The van der Waals surface area contributed by atoms with Crippen molar-refractivity contribution in [2.24, 2.45) is 0 Å². The average molecular weight is 314 g/mol. The third-order valence-corrected chi connectivity index (χ3v) is 5.23. The number of rotatable bonds is 3. The minimum absolute atomic E-state index is 0.143. The van der Waals surface area contributed by atoms with E-state index in [1.165, 1.54) is 17.8 Å². The van der Waals surface area contributed by atoms with Gasteiger partial charge in [-0.05, 0) is 24.3 Å². The first-order valence-electron chi connectivity index (χ1n) is 5.40. The number of halogens is 1. The van der Waals surface area contributed by atoms with E-state index >= 15 is 0 Å². The number of sulfone groups is 1. The molecule has 2 rings (SSSR count). The second-order valence-electron chi connectivity index (χ2n) is 3.97. The molecule has 0 aliphatic rings. The lowest BCUT2D eigenvalue weighted by Gasteiger charge is -2.10. The molecule has 2 aromatic carbocycles. The minimum Gasteiger partial charge on any atom is -0.397 e. The van der Waals surface area contributed by atoms with Crippen LogP contribution >= 0.6 is 23.4 Å². The molecule has 0 saturated carbocycles. The van der Waals surface area contributed by atoms with Crippen molar-refractivity contribution >= 4 is 38.9 Å². The quantitative estimate of drug-likeness (QED) is 0.881. The normalized spacial score (nSPS) is 11.5. The molecule has 0 fully saturated rings. The van der Waals surface area contributed by atoms with Gasteiger partial charge >= 0.3 is 0 Å². The fourth-order valence-corrected chi connectivity index (χ4v) is 3.65. The molecule has 2 N–H and O–H groups in total. The molecule has 19 heavy (non-hydrogen) atoms. The number of nitrogens with two attached hydrogens (primary N) is 1. The monoisotopic (exact) mass is 313 g/mol. The van der Waals surface area contributed by atoms with Gasteiger partial charge in [-0.2, -0.15) is 0 Å². The van der Waals surface area contributed by atoms with E-state index in [0.717, 1.165) is 11.2 Å². The molecule has 0 spiro atoms. The largest absolute Gasteiger partial charge is 0.397 e. The zero-order valence-corrected chi connectivity index (χ0v) is 12.5. The predicted octanol–water partition coefficient (Wildman–Crippen LogP) is 3.48. The Balaban J connectivity index is 2.46. The molecule has 0 unspecified atom stereocenters. The molecule has 3 nitrogen and oxygen atoms in total. The van der Waals surface area contributed by atoms with Crippen LogP contribution in [-0.4, -0.2) is 14.7 Å². The number of benzene rings is 2. The van der Waals surface area contributed by atoms with Gasteiger partial charge in [0, 0.05) is 16.0 Å². The Morgan fingerprint density at radius 1 is 1.05 bits per heavy atom. The van der Waals surface area contributed by atoms with Gasteiger partial charge in [0.25, 0.3) is 0 Å². The Morgan fingerprint density at radius 2 is 1.68 bits per heavy atom. The van der Waals surface area contributed by atoms with E-state index in [4.69, 9.17) is 17.3 Å². The summed E-state index contributed by atoms with van der Waals surface area (Å²) in [4.78, 5) is 1.65. The van der Waals surface area contributed by atoms with Crippen molar-refractivity contribution in [3.05, 3.63) is 47.5 Å². The van der Waals surface area contributed by atoms with E-state index in [1.54, 1.807) is 18.2 Å². The molecule has 100 valence electrons. The number of nitrogen functional groups attached to an aromatic ring is 1. The van der Waals surface area contributed by atoms with E-state index in [-0.39, 0.29) is 10.6 Å². The number of hydrogen-bond acceptors (Lipinski definition) is 4. The molecule has 0 aromatic heterocycles. The number of anilines is 1. The van der Waals surface area contributed by atoms with Crippen LogP contribution in [0.2, 0.25) is 5.02 Å². The van der Waals surface area contributed by atoms with Gasteiger partial charge in [0.05, 0.1) is 15.6 Å². The van der Waals surface area contributed by atoms with Gasteiger partial charge in [-0.3, -0.25) is 0 Å². The zero-order valence-electron chi connectivity index (χ0n) is 10.1. The third kappa shape index (κ3) is 3.23. The second kappa shape index (κ2) is 5.45. The van der Waals surface area contributed by atoms with Crippen LogP contribution in [0.5, 0.6) is 0 Å². The van der Waals surface area contributed by atoms with E-state index in [9.17, 15) is 8.42 Å². The maximum atomic E-state index is 11.6. The molecular formula is C13H12ClNO2S2. The van der Waals surface area contributed by atoms with Crippen LogP contribution in [0.3, 0.4) is 0 Å². The van der Waals surface area contributed by atoms with E-state index in [2.05, 4.69) is 0 Å². The molecule has 0 atom stereocenters. The highest BCUT2D eigenvalue weighted by atomic mass is 35.5. The van der Waals surface area contributed by atoms with Crippen molar-refractivity contribution in [1.29, 1.82) is 0 Å². The van der Waals surface area contributed by atoms with Crippen molar-refractivity contribution in [1.82, 2.24) is 0 Å². The first kappa shape index (κ1) is 14.2. The SMILES string of the molecule is CS(=O)(=O)c1cccc(Sc2ccccc2Cl)c1N. The first-order valence-corrected chi connectivity index (χ1v) is 8.49. The molecule has 0 bridgehead atoms. The van der Waals surface area contributed by atoms with Crippen LogP contribution in [0.25, 0.3) is 0 Å². The summed E-state index contributed by atoms with van der Waals surface area (Å²) >= 11 is 7.43. The van der Waals surface area contributed by atoms with Gasteiger partial charge in [0.1, 0.15) is 0 Å². The second-order valence-corrected chi connectivity index (χ2v) is 7.45. The van der Waals surface area contributed by atoms with E-state index < -0.39 is 9.84 Å². The lowest BCUT2D eigenvalue weighted by molar-refractivity contribution is 0.602. The highest BCUT2D eigenvalue weighted by molar-refractivity contribution is 7.99. The summed E-state index contributed by atoms with van der Waals surface area (Å²) in [6.07, 6.45) is 1.14. The molecule has 0 aliphatic heterocycles. The molecular weight excluding hydrogens is 302 g/mol. The van der Waals surface area contributed by atoms with Crippen molar-refractivity contribution in [2.45, 2.75) is 14.7 Å². The van der Waals surface area contributed by atoms with Crippen LogP contribution in [0.15, 0.2) is 57.2 Å². The number of hydrogen-bond donors (Lipinski definition) is 1. The van der Waals surface area contributed by atoms with Gasteiger partial charge in [0.15, 0.2) is 9.84 Å². The maximum Gasteiger partial charge on any atom is 0.177 e. The summed E-state index contributed by atoms with van der Waals surface area (Å²) in [5, 5.41) is 0.608. The van der Waals surface area contributed by atoms with Gasteiger partial charge < -0.3 is 5.73 Å². The van der Waals surface area contributed by atoms with Crippen LogP contribution in [0, 0.1) is 0 Å². The lowest BCUT2D eigenvalue weighted by atomic mass is 10.3. The van der Waals surface area contributed by atoms with Crippen molar-refractivity contribution in [2.75, 3.05) is 12.0 Å². The molecule has 0 radical (unpaired) electrons. The Hall–Kier alpha value is -1.17. The highest BCUT2D eigenvalue weighted by Crippen LogP contribution is 2.38. The zero-order chi connectivity index (χ0) is 14.0. The van der Waals surface area contributed by atoms with E-state index in [1.807, 2.05) is 18.2 Å². The van der Waals surface area contributed by atoms with Gasteiger partial charge in [-0.25, -0.2) is 8.42 Å². The Bertz CT molecular complexity index is 714. The standard InChI is InChI=1S/C13H12ClNO2S2/c1-19(16,17)12-8-4-7-11(13(12)15)18-10-6-3-2-5-9(10)14/h2-8H,15H2,1H3. The predicted molar refractivity (Wildman–Crippen MR) is 79.5 cm³/mol. The van der Waals surface area contributed by atoms with Crippen LogP contribution in [-0.2, 0) is 9.84 Å². The summed E-state index contributed by atoms with van der Waals surface area (Å²) in [6, 6.07) is 12.3. The summed E-state index contributed by atoms with van der Waals surface area (Å²) in [6.45, 7) is 0. The van der Waals surface area contributed by atoms with Crippen molar-refractivity contribution in [3.63, 3.8) is 0 Å². The molecule has 6 heteroatoms. The fourth-order valence-electron chi connectivity index (χ4n) is 1.58. The lowest BCUT2D eigenvalue weighted by Crippen LogP contribution is -2.03. The summed E-state index contributed by atoms with van der Waals surface area (Å²) in [5.41, 5.74) is 6.18. The first-order chi connectivity index (χ1) is 8.89. The number of para-hydroxylation sites is 1. The fraction of sp³-hybridized carbons (Fsp3) is 0.0769. The summed E-state index contributed by atoms with van der Waals surface area (Å²) < 4.78 is 23.2. The Labute approximate surface area is 121 Å². The van der Waals surface area contributed by atoms with Crippen molar-refractivity contribution in [3.8, 4) is 0 Å². The van der Waals surface area contributed by atoms with Crippen molar-refractivity contribution < 1.29 is 8.42 Å². The minimum atomic E-state index is -3.33. The Morgan fingerprint density at radius 3 is 2.32 bits per heavy atom. The van der Waals surface area contributed by atoms with Gasteiger partial charge in [-0.15, -0.1) is 0 Å². The summed E-state index contributed by atoms with van der Waals surface area (Å²) in [5.74, 6) is 0. The maximum absolute atomic E-state index is 11.6. The average Bonchev–Trinajstić information content (AvgIpc) is 2.33. The summed E-state index contributed by atoms with van der Waals surface area (Å²) in [7, 11) is -3.33.